The Morgan fingerprint density at radius 3 is 2.47 bits per heavy atom. The molecule has 3 aromatic rings. The van der Waals surface area contributed by atoms with Gasteiger partial charge in [0.2, 0.25) is 0 Å². The number of carbonyl (C=O) groups excluding carboxylic acids is 1. The molecule has 0 aliphatic heterocycles. The number of carboxylic acid groups (broad SMARTS) is 1. The van der Waals surface area contributed by atoms with Crippen molar-refractivity contribution in [2.45, 2.75) is 40.3 Å². The standard InChI is InChI=1S/C24H27NO5/c1-14(2)22(24(28)29-5)30-19-8-6-7-17(11-19)13-25-16(4)15(3)20-12-18(23(26)27)9-10-21(20)25/h6-12,14,22H,13H2,1-5H3,(H,26,27)/t22-/m1/s1. The Morgan fingerprint density at radius 1 is 1.10 bits per heavy atom. The van der Waals surface area contributed by atoms with Gasteiger partial charge >= 0.3 is 11.9 Å². The lowest BCUT2D eigenvalue weighted by Crippen LogP contribution is -2.33. The zero-order chi connectivity index (χ0) is 22.0. The predicted molar refractivity (Wildman–Crippen MR) is 115 cm³/mol. The van der Waals surface area contributed by atoms with Gasteiger partial charge in [-0.2, -0.15) is 0 Å². The topological polar surface area (TPSA) is 77.8 Å². The molecule has 0 fully saturated rings. The molecule has 0 aliphatic carbocycles. The van der Waals surface area contributed by atoms with Crippen molar-refractivity contribution in [2.75, 3.05) is 7.11 Å². The summed E-state index contributed by atoms with van der Waals surface area (Å²) < 4.78 is 12.9. The Labute approximate surface area is 176 Å². The molecular weight excluding hydrogens is 382 g/mol. The molecule has 0 unspecified atom stereocenters. The summed E-state index contributed by atoms with van der Waals surface area (Å²) in [5, 5.41) is 10.2. The fourth-order valence-corrected chi connectivity index (χ4v) is 3.61. The molecule has 0 spiro atoms. The van der Waals surface area contributed by atoms with Crippen molar-refractivity contribution < 1.29 is 24.2 Å². The van der Waals surface area contributed by atoms with Crippen LogP contribution in [-0.4, -0.2) is 34.8 Å². The first-order chi connectivity index (χ1) is 14.2. The second kappa shape index (κ2) is 8.61. The number of ether oxygens (including phenoxy) is 2. The van der Waals surface area contributed by atoms with Gasteiger partial charge in [0.15, 0.2) is 6.10 Å². The molecule has 0 bridgehead atoms. The van der Waals surface area contributed by atoms with Crippen molar-refractivity contribution in [3.8, 4) is 5.75 Å². The quantitative estimate of drug-likeness (QED) is 0.578. The number of aromatic carboxylic acids is 1. The van der Waals surface area contributed by atoms with E-state index in [1.807, 2.05) is 58.0 Å². The number of fused-ring (bicyclic) bond motifs is 1. The third-order valence-corrected chi connectivity index (χ3v) is 5.43. The highest BCUT2D eigenvalue weighted by Gasteiger charge is 2.25. The number of aryl methyl sites for hydroxylation is 1. The number of hydrogen-bond donors (Lipinski definition) is 1. The number of rotatable bonds is 7. The van der Waals surface area contributed by atoms with E-state index in [0.29, 0.717) is 12.3 Å². The van der Waals surface area contributed by atoms with E-state index in [1.54, 1.807) is 12.1 Å². The molecule has 0 saturated heterocycles. The first-order valence-electron chi connectivity index (χ1n) is 9.89. The smallest absolute Gasteiger partial charge is 0.347 e. The SMILES string of the molecule is COC(=O)[C@H](Oc1cccc(Cn2c(C)c(C)c3cc(C(=O)O)ccc32)c1)C(C)C. The van der Waals surface area contributed by atoms with Crippen LogP contribution in [0.3, 0.4) is 0 Å². The Morgan fingerprint density at radius 2 is 1.83 bits per heavy atom. The van der Waals surface area contributed by atoms with Crippen LogP contribution >= 0.6 is 0 Å². The molecule has 1 atom stereocenters. The monoisotopic (exact) mass is 409 g/mol. The van der Waals surface area contributed by atoms with Gasteiger partial charge in [-0.3, -0.25) is 0 Å². The number of carboxylic acids is 1. The summed E-state index contributed by atoms with van der Waals surface area (Å²) in [6.45, 7) is 8.46. The van der Waals surface area contributed by atoms with Crippen LogP contribution < -0.4 is 4.74 Å². The number of carbonyl (C=O) groups is 2. The average molecular weight is 409 g/mol. The molecule has 30 heavy (non-hydrogen) atoms. The van der Waals surface area contributed by atoms with Crippen molar-refractivity contribution >= 4 is 22.8 Å². The minimum atomic E-state index is -0.933. The van der Waals surface area contributed by atoms with Gasteiger partial charge in [0.25, 0.3) is 0 Å². The number of nitrogens with zero attached hydrogens (tertiary/aromatic N) is 1. The number of hydrogen-bond acceptors (Lipinski definition) is 4. The van der Waals surface area contributed by atoms with Crippen LogP contribution in [0.1, 0.15) is 41.0 Å². The van der Waals surface area contributed by atoms with Gasteiger partial charge in [0.1, 0.15) is 5.75 Å². The summed E-state index contributed by atoms with van der Waals surface area (Å²) in [6.07, 6.45) is -0.670. The number of methoxy groups -OCH3 is 1. The van der Waals surface area contributed by atoms with E-state index in [1.165, 1.54) is 7.11 Å². The number of aromatic nitrogens is 1. The predicted octanol–water partition coefficient (Wildman–Crippen LogP) is 4.58. The Hall–Kier alpha value is -3.28. The molecule has 6 heteroatoms. The maximum absolute atomic E-state index is 12.0. The van der Waals surface area contributed by atoms with E-state index in [9.17, 15) is 14.7 Å². The van der Waals surface area contributed by atoms with Crippen LogP contribution in [0.5, 0.6) is 5.75 Å². The van der Waals surface area contributed by atoms with Crippen LogP contribution in [0.2, 0.25) is 0 Å². The molecule has 3 rings (SSSR count). The normalized spacial score (nSPS) is 12.2. The first-order valence-corrected chi connectivity index (χ1v) is 9.89. The highest BCUT2D eigenvalue weighted by Crippen LogP contribution is 2.28. The molecule has 1 aromatic heterocycles. The van der Waals surface area contributed by atoms with E-state index >= 15 is 0 Å². The molecule has 6 nitrogen and oxygen atoms in total. The van der Waals surface area contributed by atoms with Crippen molar-refractivity contribution in [2.24, 2.45) is 5.92 Å². The summed E-state index contributed by atoms with van der Waals surface area (Å²) >= 11 is 0. The van der Waals surface area contributed by atoms with Gasteiger partial charge in [-0.15, -0.1) is 0 Å². The Bertz CT molecular complexity index is 1100. The molecule has 1 heterocycles. The minimum Gasteiger partial charge on any atom is -0.478 e. The van der Waals surface area contributed by atoms with E-state index < -0.39 is 18.0 Å². The Balaban J connectivity index is 1.93. The molecule has 0 saturated carbocycles. The summed E-state index contributed by atoms with van der Waals surface area (Å²) in [5.74, 6) is -0.747. The van der Waals surface area contributed by atoms with Gasteiger partial charge in [-0.05, 0) is 55.3 Å². The lowest BCUT2D eigenvalue weighted by molar-refractivity contribution is -0.150. The maximum atomic E-state index is 12.0. The summed E-state index contributed by atoms with van der Waals surface area (Å²) in [6, 6.07) is 12.8. The van der Waals surface area contributed by atoms with Crippen LogP contribution in [0, 0.1) is 19.8 Å². The fourth-order valence-electron chi connectivity index (χ4n) is 3.61. The van der Waals surface area contributed by atoms with E-state index in [-0.39, 0.29) is 11.5 Å². The second-order valence-corrected chi connectivity index (χ2v) is 7.79. The summed E-state index contributed by atoms with van der Waals surface area (Å²) in [5.41, 5.74) is 4.42. The van der Waals surface area contributed by atoms with Gasteiger partial charge in [0, 0.05) is 29.1 Å². The molecule has 1 N–H and O–H groups in total. The molecule has 158 valence electrons. The summed E-state index contributed by atoms with van der Waals surface area (Å²) in [4.78, 5) is 23.3. The van der Waals surface area contributed by atoms with Crippen LogP contribution in [0.25, 0.3) is 10.9 Å². The zero-order valence-electron chi connectivity index (χ0n) is 17.9. The zero-order valence-corrected chi connectivity index (χ0v) is 17.9. The van der Waals surface area contributed by atoms with Crippen molar-refractivity contribution in [1.29, 1.82) is 0 Å². The number of benzene rings is 2. The molecule has 2 aromatic carbocycles. The highest BCUT2D eigenvalue weighted by atomic mass is 16.6. The van der Waals surface area contributed by atoms with E-state index in [4.69, 9.17) is 9.47 Å². The van der Waals surface area contributed by atoms with Crippen LogP contribution in [-0.2, 0) is 16.1 Å². The number of esters is 1. The molecule has 0 aliphatic rings. The lowest BCUT2D eigenvalue weighted by atomic mass is 10.1. The second-order valence-electron chi connectivity index (χ2n) is 7.79. The van der Waals surface area contributed by atoms with Gasteiger partial charge in [0.05, 0.1) is 12.7 Å². The van der Waals surface area contributed by atoms with Crippen LogP contribution in [0.15, 0.2) is 42.5 Å². The minimum absolute atomic E-state index is 0.0252. The first kappa shape index (κ1) is 21.4. The molecule has 0 amide bonds. The Kier molecular flexibility index (Phi) is 6.15. The highest BCUT2D eigenvalue weighted by molar-refractivity contribution is 5.95. The van der Waals surface area contributed by atoms with Gasteiger partial charge in [-0.25, -0.2) is 9.59 Å². The van der Waals surface area contributed by atoms with E-state index in [0.717, 1.165) is 27.7 Å². The fraction of sp³-hybridized carbons (Fsp3) is 0.333. The lowest BCUT2D eigenvalue weighted by Gasteiger charge is -2.20. The van der Waals surface area contributed by atoms with Crippen molar-refractivity contribution in [3.63, 3.8) is 0 Å². The van der Waals surface area contributed by atoms with Crippen molar-refractivity contribution in [1.82, 2.24) is 4.57 Å². The third-order valence-electron chi connectivity index (χ3n) is 5.43. The third kappa shape index (κ3) is 4.17. The maximum Gasteiger partial charge on any atom is 0.347 e. The van der Waals surface area contributed by atoms with Gasteiger partial charge in [-0.1, -0.05) is 26.0 Å². The van der Waals surface area contributed by atoms with Crippen LogP contribution in [0.4, 0.5) is 0 Å². The molecular formula is C24H27NO5. The largest absolute Gasteiger partial charge is 0.478 e. The molecule has 0 radical (unpaired) electrons. The van der Waals surface area contributed by atoms with Gasteiger partial charge < -0.3 is 19.1 Å². The van der Waals surface area contributed by atoms with Crippen molar-refractivity contribution in [3.05, 3.63) is 64.8 Å². The summed E-state index contributed by atoms with van der Waals surface area (Å²) in [7, 11) is 1.36. The van der Waals surface area contributed by atoms with E-state index in [2.05, 4.69) is 4.57 Å². The average Bonchev–Trinajstić information content (AvgIpc) is 2.96.